The molecule has 0 aliphatic rings. The van der Waals surface area contributed by atoms with Gasteiger partial charge in [0.25, 0.3) is 5.91 Å². The van der Waals surface area contributed by atoms with Gasteiger partial charge >= 0.3 is 0 Å². The summed E-state index contributed by atoms with van der Waals surface area (Å²) in [4.78, 5) is 14.1. The van der Waals surface area contributed by atoms with Crippen molar-refractivity contribution in [3.8, 4) is 0 Å². The molecule has 0 aliphatic carbocycles. The third kappa shape index (κ3) is 3.42. The van der Waals surface area contributed by atoms with Crippen molar-refractivity contribution >= 4 is 21.8 Å². The van der Waals surface area contributed by atoms with E-state index in [0.717, 1.165) is 0 Å². The van der Waals surface area contributed by atoms with E-state index in [1.165, 1.54) is 18.2 Å². The van der Waals surface area contributed by atoms with Crippen LogP contribution in [0.4, 0.5) is 4.39 Å². The van der Waals surface area contributed by atoms with Crippen LogP contribution in [-0.4, -0.2) is 22.9 Å². The van der Waals surface area contributed by atoms with Crippen molar-refractivity contribution in [2.24, 2.45) is 0 Å². The second kappa shape index (κ2) is 5.65. The fraction of sp³-hybridized carbons (Fsp3) is 0.357. The molecule has 0 aliphatic heterocycles. The summed E-state index contributed by atoms with van der Waals surface area (Å²) in [6.45, 7) is 9.87. The topological polar surface area (TPSA) is 20.3 Å². The predicted octanol–water partition coefficient (Wildman–Crippen LogP) is 4.01. The third-order valence-electron chi connectivity index (χ3n) is 2.53. The summed E-state index contributed by atoms with van der Waals surface area (Å²) in [5.74, 6) is -0.636. The molecule has 4 heteroatoms. The van der Waals surface area contributed by atoms with Crippen LogP contribution in [0.5, 0.6) is 0 Å². The van der Waals surface area contributed by atoms with E-state index < -0.39 is 5.82 Å². The molecule has 0 atom stereocenters. The molecule has 1 aromatic carbocycles. The number of carbonyl (C=O) groups excluding carboxylic acids is 1. The third-order valence-corrected chi connectivity index (χ3v) is 3.22. The molecule has 0 heterocycles. The Hall–Kier alpha value is -1.16. The minimum atomic E-state index is -0.422. The standard InChI is InChI=1S/C14H17BrFNO/c1-5-8-17(14(2,3)4)13(18)11-9-10(16)6-7-12(11)15/h5-7,9H,1,8H2,2-4H3. The van der Waals surface area contributed by atoms with Crippen LogP contribution in [0.3, 0.4) is 0 Å². The summed E-state index contributed by atoms with van der Waals surface area (Å²) >= 11 is 3.28. The van der Waals surface area contributed by atoms with E-state index in [1.54, 1.807) is 11.0 Å². The molecule has 0 bridgehead atoms. The first kappa shape index (κ1) is 14.9. The van der Waals surface area contributed by atoms with Gasteiger partial charge in [0.2, 0.25) is 0 Å². The van der Waals surface area contributed by atoms with E-state index in [0.29, 0.717) is 16.6 Å². The maximum absolute atomic E-state index is 13.2. The fourth-order valence-corrected chi connectivity index (χ4v) is 2.01. The number of benzene rings is 1. The number of hydrogen-bond donors (Lipinski definition) is 0. The predicted molar refractivity (Wildman–Crippen MR) is 75.1 cm³/mol. The van der Waals surface area contributed by atoms with Crippen molar-refractivity contribution in [3.63, 3.8) is 0 Å². The van der Waals surface area contributed by atoms with Gasteiger partial charge in [0.05, 0.1) is 5.56 Å². The smallest absolute Gasteiger partial charge is 0.255 e. The first-order valence-corrected chi connectivity index (χ1v) is 6.44. The van der Waals surface area contributed by atoms with Crippen LogP contribution < -0.4 is 0 Å². The van der Waals surface area contributed by atoms with E-state index in [-0.39, 0.29) is 11.4 Å². The lowest BCUT2D eigenvalue weighted by molar-refractivity contribution is 0.0615. The average molecular weight is 314 g/mol. The molecule has 0 spiro atoms. The highest BCUT2D eigenvalue weighted by Crippen LogP contribution is 2.23. The number of amides is 1. The minimum absolute atomic E-state index is 0.214. The molecule has 0 saturated heterocycles. The van der Waals surface area contributed by atoms with Crippen LogP contribution >= 0.6 is 15.9 Å². The molecule has 18 heavy (non-hydrogen) atoms. The number of carbonyl (C=O) groups is 1. The lowest BCUT2D eigenvalue weighted by Crippen LogP contribution is -2.45. The van der Waals surface area contributed by atoms with Crippen LogP contribution in [0.1, 0.15) is 31.1 Å². The van der Waals surface area contributed by atoms with Crippen molar-refractivity contribution in [3.05, 3.63) is 46.7 Å². The normalized spacial score (nSPS) is 11.2. The van der Waals surface area contributed by atoms with Gasteiger partial charge in [-0.05, 0) is 54.9 Å². The van der Waals surface area contributed by atoms with Crippen molar-refractivity contribution in [1.29, 1.82) is 0 Å². The number of nitrogens with zero attached hydrogens (tertiary/aromatic N) is 1. The Morgan fingerprint density at radius 1 is 1.50 bits per heavy atom. The highest BCUT2D eigenvalue weighted by atomic mass is 79.9. The van der Waals surface area contributed by atoms with Crippen LogP contribution in [0.15, 0.2) is 35.3 Å². The van der Waals surface area contributed by atoms with E-state index >= 15 is 0 Å². The Balaban J connectivity index is 3.17. The van der Waals surface area contributed by atoms with Gasteiger partial charge in [0.1, 0.15) is 5.82 Å². The largest absolute Gasteiger partial charge is 0.330 e. The SMILES string of the molecule is C=CCN(C(=O)c1cc(F)ccc1Br)C(C)(C)C. The summed E-state index contributed by atoms with van der Waals surface area (Å²) in [5.41, 5.74) is -0.0245. The molecule has 0 aromatic heterocycles. The molecule has 0 unspecified atom stereocenters. The first-order valence-electron chi connectivity index (χ1n) is 5.65. The van der Waals surface area contributed by atoms with Crippen molar-refractivity contribution in [2.45, 2.75) is 26.3 Å². The number of rotatable bonds is 3. The Kier molecular flexibility index (Phi) is 4.68. The summed E-state index contributed by atoms with van der Waals surface area (Å²) in [5, 5.41) is 0. The summed E-state index contributed by atoms with van der Waals surface area (Å²) in [6.07, 6.45) is 1.66. The maximum Gasteiger partial charge on any atom is 0.255 e. The molecule has 0 saturated carbocycles. The summed E-state index contributed by atoms with van der Waals surface area (Å²) in [7, 11) is 0. The minimum Gasteiger partial charge on any atom is -0.330 e. The van der Waals surface area contributed by atoms with Gasteiger partial charge in [-0.1, -0.05) is 6.08 Å². The molecule has 1 rings (SSSR count). The monoisotopic (exact) mass is 313 g/mol. The van der Waals surface area contributed by atoms with Crippen LogP contribution in [0.2, 0.25) is 0 Å². The van der Waals surface area contributed by atoms with Gasteiger partial charge in [-0.25, -0.2) is 4.39 Å². The maximum atomic E-state index is 13.2. The molecule has 0 radical (unpaired) electrons. The van der Waals surface area contributed by atoms with E-state index in [9.17, 15) is 9.18 Å². The second-order valence-corrected chi connectivity index (χ2v) is 5.85. The fourth-order valence-electron chi connectivity index (χ4n) is 1.60. The highest BCUT2D eigenvalue weighted by molar-refractivity contribution is 9.10. The lowest BCUT2D eigenvalue weighted by Gasteiger charge is -2.35. The molecule has 1 aromatic rings. The molecule has 0 N–H and O–H groups in total. The molecule has 98 valence electrons. The molecule has 0 fully saturated rings. The molecule has 2 nitrogen and oxygen atoms in total. The van der Waals surface area contributed by atoms with Crippen molar-refractivity contribution in [1.82, 2.24) is 4.90 Å². The quantitative estimate of drug-likeness (QED) is 0.772. The Morgan fingerprint density at radius 3 is 2.61 bits per heavy atom. The van der Waals surface area contributed by atoms with Gasteiger partial charge in [0.15, 0.2) is 0 Å². The van der Waals surface area contributed by atoms with Gasteiger partial charge in [0, 0.05) is 16.6 Å². The zero-order chi connectivity index (χ0) is 13.9. The highest BCUT2D eigenvalue weighted by Gasteiger charge is 2.27. The first-order chi connectivity index (χ1) is 8.27. The summed E-state index contributed by atoms with van der Waals surface area (Å²) in [6, 6.07) is 4.10. The van der Waals surface area contributed by atoms with E-state index in [2.05, 4.69) is 22.5 Å². The Bertz CT molecular complexity index is 465. The zero-order valence-electron chi connectivity index (χ0n) is 10.8. The molecule has 1 amide bonds. The van der Waals surface area contributed by atoms with Gasteiger partial charge in [-0.2, -0.15) is 0 Å². The van der Waals surface area contributed by atoms with Gasteiger partial charge in [-0.3, -0.25) is 4.79 Å². The second-order valence-electron chi connectivity index (χ2n) is 5.00. The molecular formula is C14H17BrFNO. The zero-order valence-corrected chi connectivity index (χ0v) is 12.4. The number of hydrogen-bond acceptors (Lipinski definition) is 1. The van der Waals surface area contributed by atoms with Crippen molar-refractivity contribution < 1.29 is 9.18 Å². The van der Waals surface area contributed by atoms with Gasteiger partial charge in [-0.15, -0.1) is 6.58 Å². The van der Waals surface area contributed by atoms with E-state index in [4.69, 9.17) is 0 Å². The number of halogens is 2. The summed E-state index contributed by atoms with van der Waals surface area (Å²) < 4.78 is 13.8. The van der Waals surface area contributed by atoms with E-state index in [1.807, 2.05) is 20.8 Å². The Labute approximate surface area is 116 Å². The van der Waals surface area contributed by atoms with Crippen LogP contribution in [0.25, 0.3) is 0 Å². The van der Waals surface area contributed by atoms with Gasteiger partial charge < -0.3 is 4.90 Å². The molecular weight excluding hydrogens is 297 g/mol. The lowest BCUT2D eigenvalue weighted by atomic mass is 10.0. The van der Waals surface area contributed by atoms with Crippen LogP contribution in [-0.2, 0) is 0 Å². The van der Waals surface area contributed by atoms with Crippen LogP contribution in [0, 0.1) is 5.82 Å². The average Bonchev–Trinajstić information content (AvgIpc) is 2.27. The Morgan fingerprint density at radius 2 is 2.11 bits per heavy atom. The van der Waals surface area contributed by atoms with Crippen molar-refractivity contribution in [2.75, 3.05) is 6.54 Å².